The summed E-state index contributed by atoms with van der Waals surface area (Å²) in [4.78, 5) is 0. The quantitative estimate of drug-likeness (QED) is 0.863. The van der Waals surface area contributed by atoms with Crippen LogP contribution in [0.3, 0.4) is 0 Å². The van der Waals surface area contributed by atoms with Crippen molar-refractivity contribution in [1.29, 1.82) is 0 Å². The van der Waals surface area contributed by atoms with Gasteiger partial charge in [0.05, 0.1) is 20.3 Å². The molecular weight excluding hydrogens is 354 g/mol. The Labute approximate surface area is 138 Å². The third kappa shape index (κ3) is 3.18. The van der Waals surface area contributed by atoms with E-state index in [1.807, 2.05) is 37.3 Å². The van der Waals surface area contributed by atoms with Crippen LogP contribution >= 0.6 is 27.5 Å². The number of hydrogen-bond donors (Lipinski definition) is 1. The van der Waals surface area contributed by atoms with Crippen LogP contribution in [-0.2, 0) is 0 Å². The minimum Gasteiger partial charge on any atom is -0.493 e. The zero-order valence-corrected chi connectivity index (χ0v) is 14.5. The van der Waals surface area contributed by atoms with Gasteiger partial charge in [-0.1, -0.05) is 45.7 Å². The maximum atomic E-state index is 6.39. The molecule has 0 spiro atoms. The van der Waals surface area contributed by atoms with Crippen molar-refractivity contribution in [2.24, 2.45) is 5.73 Å². The van der Waals surface area contributed by atoms with E-state index >= 15 is 0 Å². The number of benzene rings is 2. The normalized spacial score (nSPS) is 12.1. The number of nitrogens with two attached hydrogens (primary N) is 1. The highest BCUT2D eigenvalue weighted by molar-refractivity contribution is 9.10. The summed E-state index contributed by atoms with van der Waals surface area (Å²) in [5, 5.41) is 0.687. The molecule has 0 aromatic heterocycles. The Morgan fingerprint density at radius 2 is 1.71 bits per heavy atom. The fraction of sp³-hybridized carbons (Fsp3) is 0.250. The standard InChI is InChI=1S/C16H17BrClNO2/c1-9-5-4-6-10(15(9)18)16(19)11-7-13(20-2)14(21-3)8-12(11)17/h4-8,16H,19H2,1-3H3. The van der Waals surface area contributed by atoms with E-state index in [-0.39, 0.29) is 6.04 Å². The molecule has 1 atom stereocenters. The molecule has 0 fully saturated rings. The van der Waals surface area contributed by atoms with Crippen molar-refractivity contribution in [3.63, 3.8) is 0 Å². The fourth-order valence-electron chi connectivity index (χ4n) is 2.19. The molecule has 1 unspecified atom stereocenters. The average Bonchev–Trinajstić information content (AvgIpc) is 2.49. The number of hydrogen-bond acceptors (Lipinski definition) is 3. The van der Waals surface area contributed by atoms with Crippen LogP contribution in [0.25, 0.3) is 0 Å². The predicted octanol–water partition coefficient (Wildman–Crippen LogP) is 4.48. The van der Waals surface area contributed by atoms with Gasteiger partial charge in [0.2, 0.25) is 0 Å². The third-order valence-electron chi connectivity index (χ3n) is 3.39. The van der Waals surface area contributed by atoms with Gasteiger partial charge in [0.15, 0.2) is 11.5 Å². The summed E-state index contributed by atoms with van der Waals surface area (Å²) in [6, 6.07) is 9.20. The summed E-state index contributed by atoms with van der Waals surface area (Å²) in [7, 11) is 3.20. The molecule has 21 heavy (non-hydrogen) atoms. The average molecular weight is 371 g/mol. The van der Waals surface area contributed by atoms with Gasteiger partial charge in [-0.05, 0) is 35.7 Å². The highest BCUT2D eigenvalue weighted by Crippen LogP contribution is 2.38. The predicted molar refractivity (Wildman–Crippen MR) is 89.5 cm³/mol. The van der Waals surface area contributed by atoms with E-state index in [9.17, 15) is 0 Å². The molecule has 0 radical (unpaired) electrons. The van der Waals surface area contributed by atoms with Crippen molar-refractivity contribution in [2.45, 2.75) is 13.0 Å². The van der Waals surface area contributed by atoms with Crippen molar-refractivity contribution in [3.8, 4) is 11.5 Å². The van der Waals surface area contributed by atoms with E-state index in [1.165, 1.54) is 0 Å². The number of rotatable bonds is 4. The Balaban J connectivity index is 2.53. The molecule has 0 aliphatic heterocycles. The maximum Gasteiger partial charge on any atom is 0.161 e. The number of aryl methyl sites for hydroxylation is 1. The number of ether oxygens (including phenoxy) is 2. The molecule has 2 aromatic rings. The van der Waals surface area contributed by atoms with Gasteiger partial charge < -0.3 is 15.2 Å². The first-order valence-electron chi connectivity index (χ1n) is 6.41. The van der Waals surface area contributed by atoms with Crippen molar-refractivity contribution in [3.05, 3.63) is 56.5 Å². The Hall–Kier alpha value is -1.23. The van der Waals surface area contributed by atoms with Gasteiger partial charge in [-0.25, -0.2) is 0 Å². The van der Waals surface area contributed by atoms with E-state index in [1.54, 1.807) is 14.2 Å². The van der Waals surface area contributed by atoms with Gasteiger partial charge in [-0.3, -0.25) is 0 Å². The first-order valence-corrected chi connectivity index (χ1v) is 7.58. The Morgan fingerprint density at radius 1 is 1.10 bits per heavy atom. The highest BCUT2D eigenvalue weighted by Gasteiger charge is 2.19. The van der Waals surface area contributed by atoms with E-state index in [0.29, 0.717) is 16.5 Å². The van der Waals surface area contributed by atoms with Crippen LogP contribution < -0.4 is 15.2 Å². The second-order valence-corrected chi connectivity index (χ2v) is 5.92. The molecule has 2 N–H and O–H groups in total. The molecule has 0 aliphatic rings. The number of halogens is 2. The fourth-order valence-corrected chi connectivity index (χ4v) is 3.00. The summed E-state index contributed by atoms with van der Waals surface area (Å²) in [5.41, 5.74) is 9.16. The summed E-state index contributed by atoms with van der Waals surface area (Å²) in [6.45, 7) is 1.96. The lowest BCUT2D eigenvalue weighted by Gasteiger charge is -2.19. The summed E-state index contributed by atoms with van der Waals surface area (Å²) >= 11 is 9.90. The van der Waals surface area contributed by atoms with Crippen molar-refractivity contribution < 1.29 is 9.47 Å². The SMILES string of the molecule is COc1cc(Br)c(C(N)c2cccc(C)c2Cl)cc1OC. The minimum atomic E-state index is -0.355. The van der Waals surface area contributed by atoms with E-state index in [4.69, 9.17) is 26.8 Å². The molecule has 0 saturated heterocycles. The van der Waals surface area contributed by atoms with Crippen LogP contribution in [0, 0.1) is 6.92 Å². The summed E-state index contributed by atoms with van der Waals surface area (Å²) < 4.78 is 11.5. The van der Waals surface area contributed by atoms with Crippen LogP contribution in [-0.4, -0.2) is 14.2 Å². The van der Waals surface area contributed by atoms with Crippen LogP contribution in [0.4, 0.5) is 0 Å². The summed E-state index contributed by atoms with van der Waals surface area (Å²) in [5.74, 6) is 1.28. The largest absolute Gasteiger partial charge is 0.493 e. The van der Waals surface area contributed by atoms with Crippen molar-refractivity contribution in [1.82, 2.24) is 0 Å². The molecule has 112 valence electrons. The molecule has 0 saturated carbocycles. The van der Waals surface area contributed by atoms with E-state index in [2.05, 4.69) is 15.9 Å². The minimum absolute atomic E-state index is 0.355. The number of methoxy groups -OCH3 is 2. The second kappa shape index (κ2) is 6.69. The Morgan fingerprint density at radius 3 is 2.33 bits per heavy atom. The lowest BCUT2D eigenvalue weighted by Crippen LogP contribution is -2.14. The maximum absolute atomic E-state index is 6.39. The van der Waals surface area contributed by atoms with Crippen molar-refractivity contribution in [2.75, 3.05) is 14.2 Å². The molecule has 0 aliphatic carbocycles. The molecule has 0 bridgehead atoms. The topological polar surface area (TPSA) is 44.5 Å². The zero-order valence-electron chi connectivity index (χ0n) is 12.1. The molecule has 3 nitrogen and oxygen atoms in total. The first-order chi connectivity index (χ1) is 9.99. The van der Waals surface area contributed by atoms with Crippen LogP contribution in [0.2, 0.25) is 5.02 Å². The third-order valence-corrected chi connectivity index (χ3v) is 4.60. The lowest BCUT2D eigenvalue weighted by atomic mass is 9.97. The Kier molecular flexibility index (Phi) is 5.14. The molecule has 5 heteroatoms. The van der Waals surface area contributed by atoms with E-state index < -0.39 is 0 Å². The molecular formula is C16H17BrClNO2. The van der Waals surface area contributed by atoms with Crippen LogP contribution in [0.15, 0.2) is 34.8 Å². The lowest BCUT2D eigenvalue weighted by molar-refractivity contribution is 0.354. The second-order valence-electron chi connectivity index (χ2n) is 4.68. The monoisotopic (exact) mass is 369 g/mol. The Bertz CT molecular complexity index is 661. The van der Waals surface area contributed by atoms with Crippen LogP contribution in [0.5, 0.6) is 11.5 Å². The van der Waals surface area contributed by atoms with Gasteiger partial charge in [0, 0.05) is 9.50 Å². The first kappa shape index (κ1) is 16.1. The van der Waals surface area contributed by atoms with Gasteiger partial charge in [-0.2, -0.15) is 0 Å². The van der Waals surface area contributed by atoms with Gasteiger partial charge in [-0.15, -0.1) is 0 Å². The molecule has 2 aromatic carbocycles. The smallest absolute Gasteiger partial charge is 0.161 e. The van der Waals surface area contributed by atoms with Gasteiger partial charge in [0.1, 0.15) is 0 Å². The van der Waals surface area contributed by atoms with Crippen LogP contribution in [0.1, 0.15) is 22.7 Å². The molecule has 0 heterocycles. The zero-order chi connectivity index (χ0) is 15.6. The molecule has 2 rings (SSSR count). The van der Waals surface area contributed by atoms with Gasteiger partial charge in [0.25, 0.3) is 0 Å². The highest BCUT2D eigenvalue weighted by atomic mass is 79.9. The van der Waals surface area contributed by atoms with E-state index in [0.717, 1.165) is 21.2 Å². The van der Waals surface area contributed by atoms with Gasteiger partial charge >= 0.3 is 0 Å². The summed E-state index contributed by atoms with van der Waals surface area (Å²) in [6.07, 6.45) is 0. The molecule has 0 amide bonds. The van der Waals surface area contributed by atoms with Crippen molar-refractivity contribution >= 4 is 27.5 Å².